The second-order valence-electron chi connectivity index (χ2n) is 7.37. The van der Waals surface area contributed by atoms with Crippen LogP contribution in [0.15, 0.2) is 23.2 Å². The number of guanidine groups is 1. The number of amides is 2. The minimum absolute atomic E-state index is 0.323. The molecule has 1 aromatic carbocycles. The predicted molar refractivity (Wildman–Crippen MR) is 130 cm³/mol. The minimum Gasteiger partial charge on any atom is -0.481 e. The average molecular weight is 512 g/mol. The molecule has 12 heteroatoms. The fraction of sp³-hybridized carbons (Fsp3) is 0.333. The number of benzene rings is 1. The van der Waals surface area contributed by atoms with E-state index in [0.29, 0.717) is 38.6 Å². The average Bonchev–Trinajstić information content (AvgIpc) is 3.38. The molecule has 0 saturated carbocycles. The summed E-state index contributed by atoms with van der Waals surface area (Å²) in [5.41, 5.74) is 1.88. The summed E-state index contributed by atoms with van der Waals surface area (Å²) in [5.74, 6) is -1.40. The maximum atomic E-state index is 12.5. The van der Waals surface area contributed by atoms with Crippen LogP contribution in [0.2, 0.25) is 10.0 Å². The van der Waals surface area contributed by atoms with Crippen LogP contribution in [0.3, 0.4) is 0 Å². The molecule has 1 aliphatic rings. The normalized spacial score (nSPS) is 13.6. The number of thiophene rings is 1. The molecule has 176 valence electrons. The van der Waals surface area contributed by atoms with Crippen LogP contribution in [0.5, 0.6) is 0 Å². The lowest BCUT2D eigenvalue weighted by atomic mass is 9.98. The molecule has 0 aliphatic carbocycles. The van der Waals surface area contributed by atoms with E-state index in [9.17, 15) is 19.5 Å². The molecule has 1 aromatic heterocycles. The molecule has 0 fully saturated rings. The van der Waals surface area contributed by atoms with Crippen molar-refractivity contribution in [3.8, 4) is 0 Å². The number of nitrogens with one attached hydrogen (secondary N) is 4. The van der Waals surface area contributed by atoms with Crippen LogP contribution in [-0.2, 0) is 9.59 Å². The third-order valence-corrected chi connectivity index (χ3v) is 6.58. The summed E-state index contributed by atoms with van der Waals surface area (Å²) in [7, 11) is 0. The van der Waals surface area contributed by atoms with Crippen LogP contribution < -0.4 is 21.3 Å². The van der Waals surface area contributed by atoms with Crippen molar-refractivity contribution in [3.05, 3.63) is 49.1 Å². The molecule has 9 nitrogen and oxygen atoms in total. The summed E-state index contributed by atoms with van der Waals surface area (Å²) in [6, 6.07) is 3.95. The smallest absolute Gasteiger partial charge is 0.305 e. The van der Waals surface area contributed by atoms with E-state index in [1.807, 2.05) is 6.92 Å². The largest absolute Gasteiger partial charge is 0.481 e. The van der Waals surface area contributed by atoms with Gasteiger partial charge >= 0.3 is 5.97 Å². The summed E-state index contributed by atoms with van der Waals surface area (Å²) in [6.07, 6.45) is -0.367. The summed E-state index contributed by atoms with van der Waals surface area (Å²) >= 11 is 13.5. The molecule has 2 aromatic rings. The van der Waals surface area contributed by atoms with Crippen molar-refractivity contribution in [2.75, 3.05) is 25.0 Å². The van der Waals surface area contributed by atoms with Gasteiger partial charge < -0.3 is 26.4 Å². The van der Waals surface area contributed by atoms with Gasteiger partial charge in [-0.1, -0.05) is 23.2 Å². The Morgan fingerprint density at radius 1 is 1.24 bits per heavy atom. The molecule has 2 heterocycles. The maximum Gasteiger partial charge on any atom is 0.305 e. The van der Waals surface area contributed by atoms with Gasteiger partial charge in [0.15, 0.2) is 5.96 Å². The van der Waals surface area contributed by atoms with Crippen LogP contribution >= 0.6 is 34.5 Å². The van der Waals surface area contributed by atoms with Gasteiger partial charge in [-0.25, -0.2) is 0 Å². The Hall–Kier alpha value is -2.82. The number of anilines is 1. The molecule has 0 saturated heterocycles. The van der Waals surface area contributed by atoms with E-state index < -0.39 is 23.8 Å². The first-order valence-electron chi connectivity index (χ1n) is 10.0. The molecule has 0 unspecified atom stereocenters. The zero-order chi connectivity index (χ0) is 24.1. The Kier molecular flexibility index (Phi) is 8.17. The van der Waals surface area contributed by atoms with Crippen molar-refractivity contribution in [1.29, 1.82) is 0 Å². The highest BCUT2D eigenvalue weighted by molar-refractivity contribution is 7.14. The number of carboxylic acid groups (broad SMARTS) is 1. The number of aliphatic imine (C=N–C) groups is 1. The maximum absolute atomic E-state index is 12.5. The number of aryl methyl sites for hydroxylation is 1. The first-order chi connectivity index (χ1) is 15.6. The van der Waals surface area contributed by atoms with E-state index in [0.717, 1.165) is 17.1 Å². The molecule has 0 spiro atoms. The summed E-state index contributed by atoms with van der Waals surface area (Å²) in [4.78, 5) is 42.0. The quantitative estimate of drug-likeness (QED) is 0.369. The molecule has 1 atom stereocenters. The molecule has 3 rings (SSSR count). The third-order valence-electron chi connectivity index (χ3n) is 4.92. The Labute approximate surface area is 204 Å². The number of aliphatic carboxylic acids is 1. The van der Waals surface area contributed by atoms with Gasteiger partial charge in [0, 0.05) is 21.5 Å². The van der Waals surface area contributed by atoms with Crippen LogP contribution in [0.4, 0.5) is 5.69 Å². The molecule has 1 aliphatic heterocycles. The Balaban J connectivity index is 1.63. The number of carbonyl (C=O) groups excluding carboxylic acids is 2. The van der Waals surface area contributed by atoms with Crippen LogP contribution in [0.1, 0.15) is 38.1 Å². The summed E-state index contributed by atoms with van der Waals surface area (Å²) < 4.78 is 0. The number of nitrogens with zero attached hydrogens (tertiary/aromatic N) is 1. The van der Waals surface area contributed by atoms with Gasteiger partial charge in [0.25, 0.3) is 5.91 Å². The van der Waals surface area contributed by atoms with Crippen molar-refractivity contribution < 1.29 is 19.5 Å². The number of rotatable bonds is 8. The van der Waals surface area contributed by atoms with Crippen molar-refractivity contribution in [2.24, 2.45) is 4.99 Å². The molecule has 0 radical (unpaired) electrons. The molecule has 2 amide bonds. The SMILES string of the molecule is Cc1sc(C(=O)NCC(=O)N[C@@H](CC(=O)O)c2cc(Cl)cc(Cl)c2C)cc1NC1=NCCN1. The van der Waals surface area contributed by atoms with Gasteiger partial charge in [-0.15, -0.1) is 11.3 Å². The number of halogens is 2. The molecular formula is C21H23Cl2N5O4S. The Morgan fingerprint density at radius 3 is 2.67 bits per heavy atom. The molecule has 0 bridgehead atoms. The van der Waals surface area contributed by atoms with Crippen LogP contribution in [0, 0.1) is 13.8 Å². The number of hydrogen-bond donors (Lipinski definition) is 5. The highest BCUT2D eigenvalue weighted by Crippen LogP contribution is 2.30. The van der Waals surface area contributed by atoms with E-state index in [1.54, 1.807) is 25.1 Å². The standard InChI is InChI=1S/C21H23Cl2N5O4S/c1-10-13(5-12(22)6-14(10)23)16(8-19(30)31)27-18(29)9-26-20(32)17-7-15(11(2)33-17)28-21-24-3-4-25-21/h5-7,16H,3-4,8-9H2,1-2H3,(H,26,32)(H,27,29)(H,30,31)(H2,24,25,28)/t16-/m0/s1. The monoisotopic (exact) mass is 511 g/mol. The Bertz CT molecular complexity index is 1120. The fourth-order valence-corrected chi connectivity index (χ4v) is 4.66. The van der Waals surface area contributed by atoms with E-state index in [2.05, 4.69) is 26.3 Å². The van der Waals surface area contributed by atoms with Crippen molar-refractivity contribution in [1.82, 2.24) is 16.0 Å². The first-order valence-corrected chi connectivity index (χ1v) is 11.6. The van der Waals surface area contributed by atoms with E-state index >= 15 is 0 Å². The first kappa shape index (κ1) is 24.8. The van der Waals surface area contributed by atoms with Gasteiger partial charge in [0.1, 0.15) is 0 Å². The molecular weight excluding hydrogens is 489 g/mol. The van der Waals surface area contributed by atoms with Gasteiger partial charge in [0.05, 0.1) is 36.1 Å². The lowest BCUT2D eigenvalue weighted by Crippen LogP contribution is -2.39. The van der Waals surface area contributed by atoms with Crippen molar-refractivity contribution >= 4 is 64.0 Å². The van der Waals surface area contributed by atoms with E-state index in [1.165, 1.54) is 11.3 Å². The highest BCUT2D eigenvalue weighted by atomic mass is 35.5. The molecule has 33 heavy (non-hydrogen) atoms. The van der Waals surface area contributed by atoms with E-state index in [4.69, 9.17) is 23.2 Å². The zero-order valence-corrected chi connectivity index (χ0v) is 20.2. The predicted octanol–water partition coefficient (Wildman–Crippen LogP) is 3.10. The van der Waals surface area contributed by atoms with Gasteiger partial charge in [-0.3, -0.25) is 19.4 Å². The Morgan fingerprint density at radius 2 is 2.00 bits per heavy atom. The number of carbonyl (C=O) groups is 3. The van der Waals surface area contributed by atoms with Gasteiger partial charge in [-0.2, -0.15) is 0 Å². The third kappa shape index (κ3) is 6.59. The minimum atomic E-state index is -1.10. The lowest BCUT2D eigenvalue weighted by molar-refractivity contribution is -0.137. The number of carboxylic acids is 1. The van der Waals surface area contributed by atoms with Crippen LogP contribution in [-0.4, -0.2) is 48.5 Å². The van der Waals surface area contributed by atoms with Crippen molar-refractivity contribution in [3.63, 3.8) is 0 Å². The second kappa shape index (κ2) is 10.9. The fourth-order valence-electron chi connectivity index (χ4n) is 3.26. The topological polar surface area (TPSA) is 132 Å². The second-order valence-corrected chi connectivity index (χ2v) is 9.47. The number of hydrogen-bond acceptors (Lipinski definition) is 7. The highest BCUT2D eigenvalue weighted by Gasteiger charge is 2.22. The van der Waals surface area contributed by atoms with Crippen molar-refractivity contribution in [2.45, 2.75) is 26.3 Å². The van der Waals surface area contributed by atoms with Gasteiger partial charge in [0.2, 0.25) is 5.91 Å². The van der Waals surface area contributed by atoms with E-state index in [-0.39, 0.29) is 13.0 Å². The van der Waals surface area contributed by atoms with Gasteiger partial charge in [-0.05, 0) is 43.2 Å². The summed E-state index contributed by atoms with van der Waals surface area (Å²) in [5, 5.41) is 21.4. The molecule has 5 N–H and O–H groups in total. The van der Waals surface area contributed by atoms with Crippen LogP contribution in [0.25, 0.3) is 0 Å². The zero-order valence-electron chi connectivity index (χ0n) is 17.9. The summed E-state index contributed by atoms with van der Waals surface area (Å²) in [6.45, 7) is 4.72. The lowest BCUT2D eigenvalue weighted by Gasteiger charge is -2.20.